The second kappa shape index (κ2) is 7.20. The first-order chi connectivity index (χ1) is 14.6. The van der Waals surface area contributed by atoms with Crippen molar-refractivity contribution in [2.24, 2.45) is 7.05 Å². The fourth-order valence-electron chi connectivity index (χ4n) is 3.32. The third-order valence-corrected chi connectivity index (χ3v) is 5.83. The van der Waals surface area contributed by atoms with Gasteiger partial charge in [0.1, 0.15) is 10.8 Å². The molecule has 7 heteroatoms. The normalized spacial score (nSPS) is 11.1. The number of esters is 1. The second-order valence-corrected chi connectivity index (χ2v) is 7.73. The summed E-state index contributed by atoms with van der Waals surface area (Å²) in [5.41, 5.74) is 1.44. The van der Waals surface area contributed by atoms with Crippen LogP contribution in [0.5, 0.6) is 5.75 Å². The highest BCUT2D eigenvalue weighted by molar-refractivity contribution is 7.21. The second-order valence-electron chi connectivity index (χ2n) is 6.70. The Balaban J connectivity index is 1.58. The number of carbonyl (C=O) groups excluding carboxylic acids is 1. The SMILES string of the molecule is Cn1nc(C(=O)Oc2ccccc2-c2nc3ccccc3s2)c2ccccc2c1=O. The Labute approximate surface area is 175 Å². The van der Waals surface area contributed by atoms with E-state index in [0.29, 0.717) is 16.5 Å². The molecule has 0 amide bonds. The van der Waals surface area contributed by atoms with Crippen molar-refractivity contribution in [3.63, 3.8) is 0 Å². The molecule has 0 atom stereocenters. The monoisotopic (exact) mass is 413 g/mol. The molecule has 2 aromatic heterocycles. The molecule has 5 aromatic rings. The number of thiazole rings is 1. The Morgan fingerprint density at radius 3 is 2.47 bits per heavy atom. The van der Waals surface area contributed by atoms with E-state index in [4.69, 9.17) is 4.74 Å². The maximum atomic E-state index is 13.0. The number of aromatic nitrogens is 3. The standard InChI is InChI=1S/C23H15N3O3S/c1-26-22(27)15-9-3-2-8-14(15)20(25-26)23(28)29-18-12-6-4-10-16(18)21-24-17-11-5-7-13-19(17)30-21/h2-13H,1H3. The molecule has 0 bridgehead atoms. The Kier molecular flexibility index (Phi) is 4.37. The van der Waals surface area contributed by atoms with E-state index in [2.05, 4.69) is 10.1 Å². The Morgan fingerprint density at radius 1 is 0.933 bits per heavy atom. The molecular weight excluding hydrogens is 398 g/mol. The largest absolute Gasteiger partial charge is 0.421 e. The van der Waals surface area contributed by atoms with Gasteiger partial charge in [-0.15, -0.1) is 11.3 Å². The summed E-state index contributed by atoms with van der Waals surface area (Å²) < 4.78 is 7.94. The van der Waals surface area contributed by atoms with E-state index in [9.17, 15) is 9.59 Å². The van der Waals surface area contributed by atoms with Crippen LogP contribution in [0.15, 0.2) is 77.6 Å². The molecule has 0 radical (unpaired) electrons. The van der Waals surface area contributed by atoms with E-state index >= 15 is 0 Å². The minimum Gasteiger partial charge on any atom is -0.421 e. The van der Waals surface area contributed by atoms with Crippen LogP contribution in [-0.2, 0) is 7.05 Å². The maximum Gasteiger partial charge on any atom is 0.364 e. The van der Waals surface area contributed by atoms with Gasteiger partial charge in [0.05, 0.1) is 21.2 Å². The average molecular weight is 413 g/mol. The first-order valence-electron chi connectivity index (χ1n) is 9.25. The van der Waals surface area contributed by atoms with Crippen LogP contribution in [0.3, 0.4) is 0 Å². The van der Waals surface area contributed by atoms with E-state index < -0.39 is 5.97 Å². The van der Waals surface area contributed by atoms with Gasteiger partial charge in [-0.1, -0.05) is 42.5 Å². The molecule has 0 N–H and O–H groups in total. The highest BCUT2D eigenvalue weighted by Gasteiger charge is 2.20. The molecule has 0 spiro atoms. The van der Waals surface area contributed by atoms with Gasteiger partial charge < -0.3 is 4.74 Å². The topological polar surface area (TPSA) is 74.1 Å². The van der Waals surface area contributed by atoms with Crippen LogP contribution in [0.25, 0.3) is 31.6 Å². The van der Waals surface area contributed by atoms with Crippen molar-refractivity contribution in [3.05, 3.63) is 88.8 Å². The average Bonchev–Trinajstić information content (AvgIpc) is 3.20. The van der Waals surface area contributed by atoms with Crippen molar-refractivity contribution < 1.29 is 9.53 Å². The van der Waals surface area contributed by atoms with E-state index in [1.165, 1.54) is 18.4 Å². The van der Waals surface area contributed by atoms with Crippen LogP contribution in [0.1, 0.15) is 10.5 Å². The number of nitrogens with zero attached hydrogens (tertiary/aromatic N) is 3. The molecule has 0 unspecified atom stereocenters. The molecule has 2 heterocycles. The van der Waals surface area contributed by atoms with Crippen molar-refractivity contribution in [3.8, 4) is 16.3 Å². The minimum atomic E-state index is -0.629. The van der Waals surface area contributed by atoms with Gasteiger partial charge >= 0.3 is 5.97 Å². The predicted molar refractivity (Wildman–Crippen MR) is 117 cm³/mol. The van der Waals surface area contributed by atoms with Crippen LogP contribution in [-0.4, -0.2) is 20.7 Å². The molecule has 0 fully saturated rings. The first-order valence-corrected chi connectivity index (χ1v) is 10.1. The highest BCUT2D eigenvalue weighted by Crippen LogP contribution is 2.36. The third-order valence-electron chi connectivity index (χ3n) is 4.76. The van der Waals surface area contributed by atoms with Crippen LogP contribution >= 0.6 is 11.3 Å². The van der Waals surface area contributed by atoms with Crippen LogP contribution in [0.4, 0.5) is 0 Å². The van der Waals surface area contributed by atoms with E-state index in [0.717, 1.165) is 25.5 Å². The van der Waals surface area contributed by atoms with Crippen molar-refractivity contribution in [1.29, 1.82) is 0 Å². The molecule has 5 rings (SSSR count). The molecule has 0 aliphatic heterocycles. The predicted octanol–water partition coefficient (Wildman–Crippen LogP) is 4.43. The summed E-state index contributed by atoms with van der Waals surface area (Å²) in [4.78, 5) is 30.0. The number of aryl methyl sites for hydroxylation is 1. The summed E-state index contributed by atoms with van der Waals surface area (Å²) in [6.45, 7) is 0. The molecule has 146 valence electrons. The number of hydrogen-bond acceptors (Lipinski definition) is 6. The fraction of sp³-hybridized carbons (Fsp3) is 0.0435. The zero-order valence-electron chi connectivity index (χ0n) is 15.9. The highest BCUT2D eigenvalue weighted by atomic mass is 32.1. The minimum absolute atomic E-state index is 0.0896. The summed E-state index contributed by atoms with van der Waals surface area (Å²) in [6.07, 6.45) is 0. The number of ether oxygens (including phenoxy) is 1. The molecule has 0 saturated carbocycles. The number of fused-ring (bicyclic) bond motifs is 2. The summed E-state index contributed by atoms with van der Waals surface area (Å²) in [5, 5.41) is 5.79. The first kappa shape index (κ1) is 18.2. The zero-order valence-corrected chi connectivity index (χ0v) is 16.7. The Morgan fingerprint density at radius 2 is 1.63 bits per heavy atom. The van der Waals surface area contributed by atoms with Crippen LogP contribution in [0, 0.1) is 0 Å². The van der Waals surface area contributed by atoms with Crippen LogP contribution in [0.2, 0.25) is 0 Å². The van der Waals surface area contributed by atoms with Gasteiger partial charge in [-0.05, 0) is 30.3 Å². The molecule has 0 saturated heterocycles. The Hall–Kier alpha value is -3.84. The molecule has 0 aliphatic rings. The zero-order chi connectivity index (χ0) is 20.7. The molecule has 3 aromatic carbocycles. The van der Waals surface area contributed by atoms with Crippen LogP contribution < -0.4 is 10.3 Å². The number of para-hydroxylation sites is 2. The lowest BCUT2D eigenvalue weighted by Gasteiger charge is -2.10. The summed E-state index contributed by atoms with van der Waals surface area (Å²) in [6, 6.07) is 22.0. The number of rotatable bonds is 3. The third kappa shape index (κ3) is 3.05. The smallest absolute Gasteiger partial charge is 0.364 e. The summed E-state index contributed by atoms with van der Waals surface area (Å²) in [5.74, 6) is -0.239. The lowest BCUT2D eigenvalue weighted by Crippen LogP contribution is -2.24. The van der Waals surface area contributed by atoms with E-state index in [1.807, 2.05) is 36.4 Å². The number of benzene rings is 3. The van der Waals surface area contributed by atoms with Gasteiger partial charge in [0.15, 0.2) is 5.69 Å². The quantitative estimate of drug-likeness (QED) is 0.323. The number of carbonyl (C=O) groups is 1. The van der Waals surface area contributed by atoms with Gasteiger partial charge in [0.2, 0.25) is 0 Å². The molecule has 0 aliphatic carbocycles. The maximum absolute atomic E-state index is 13.0. The summed E-state index contributed by atoms with van der Waals surface area (Å²) in [7, 11) is 1.51. The van der Waals surface area contributed by atoms with E-state index in [1.54, 1.807) is 36.4 Å². The Bertz CT molecular complexity index is 1450. The van der Waals surface area contributed by atoms with Crippen molar-refractivity contribution in [1.82, 2.24) is 14.8 Å². The molecule has 30 heavy (non-hydrogen) atoms. The van der Waals surface area contributed by atoms with Gasteiger partial charge in [-0.2, -0.15) is 5.10 Å². The molecular formula is C23H15N3O3S. The number of hydrogen-bond donors (Lipinski definition) is 0. The van der Waals surface area contributed by atoms with Crippen molar-refractivity contribution in [2.45, 2.75) is 0 Å². The van der Waals surface area contributed by atoms with Gasteiger partial charge in [-0.3, -0.25) is 4.79 Å². The fourth-order valence-corrected chi connectivity index (χ4v) is 4.31. The van der Waals surface area contributed by atoms with Gasteiger partial charge in [0, 0.05) is 12.4 Å². The van der Waals surface area contributed by atoms with Crippen molar-refractivity contribution >= 4 is 38.3 Å². The van der Waals surface area contributed by atoms with Gasteiger partial charge in [0.25, 0.3) is 5.56 Å². The van der Waals surface area contributed by atoms with E-state index in [-0.39, 0.29) is 11.3 Å². The lowest BCUT2D eigenvalue weighted by molar-refractivity contribution is 0.0729. The van der Waals surface area contributed by atoms with Crippen molar-refractivity contribution in [2.75, 3.05) is 0 Å². The lowest BCUT2D eigenvalue weighted by atomic mass is 10.1. The molecule has 6 nitrogen and oxygen atoms in total. The summed E-state index contributed by atoms with van der Waals surface area (Å²) >= 11 is 1.53. The van der Waals surface area contributed by atoms with Gasteiger partial charge in [-0.25, -0.2) is 14.5 Å².